The average Bonchev–Trinajstić information content (AvgIpc) is 2.94. The maximum Gasteiger partial charge on any atom is 0.439 e. The van der Waals surface area contributed by atoms with Crippen LogP contribution in [0, 0.1) is 0 Å². The van der Waals surface area contributed by atoms with E-state index in [2.05, 4.69) is 19.6 Å². The van der Waals surface area contributed by atoms with Crippen molar-refractivity contribution in [3.63, 3.8) is 0 Å². The van der Waals surface area contributed by atoms with Crippen molar-refractivity contribution >= 4 is 17.2 Å². The molecule has 0 radical (unpaired) electrons. The Kier molecular flexibility index (Phi) is 1.94. The number of aromatic amines is 2. The van der Waals surface area contributed by atoms with E-state index in [-0.39, 0.29) is 0 Å². The van der Waals surface area contributed by atoms with Crippen LogP contribution >= 0.6 is 0 Å². The van der Waals surface area contributed by atoms with Crippen LogP contribution in [0.4, 0.5) is 0 Å². The number of carbonyl (C=O) groups is 1. The number of H-pyrrole nitrogens is 2. The second-order valence-corrected chi connectivity index (χ2v) is 3.57. The molecule has 0 unspecified atom stereocenters. The van der Waals surface area contributed by atoms with Crippen LogP contribution in [0.5, 0.6) is 0 Å². The van der Waals surface area contributed by atoms with Gasteiger partial charge in [0, 0.05) is 28.2 Å². The molecule has 0 spiro atoms. The van der Waals surface area contributed by atoms with E-state index in [1.54, 1.807) is 18.3 Å². The summed E-state index contributed by atoms with van der Waals surface area (Å²) in [7, 11) is 0. The summed E-state index contributed by atoms with van der Waals surface area (Å²) in [6.07, 6.45) is 2.40. The molecule has 2 aromatic heterocycles. The highest BCUT2D eigenvalue weighted by Gasteiger charge is 2.08. The lowest BCUT2D eigenvalue weighted by molar-refractivity contribution is 0.112. The molecule has 2 N–H and O–H groups in total. The fourth-order valence-corrected chi connectivity index (χ4v) is 1.74. The Bertz CT molecular complexity index is 751. The molecule has 2 heterocycles. The number of benzene rings is 1. The summed E-state index contributed by atoms with van der Waals surface area (Å²) in [5.74, 6) is -0.264. The molecule has 84 valence electrons. The topological polar surface area (TPSA) is 91.8 Å². The molecule has 0 atom stereocenters. The van der Waals surface area contributed by atoms with Crippen molar-refractivity contribution < 1.29 is 9.32 Å². The van der Waals surface area contributed by atoms with Crippen LogP contribution in [0.2, 0.25) is 0 Å². The van der Waals surface area contributed by atoms with E-state index in [0.29, 0.717) is 17.0 Å². The summed E-state index contributed by atoms with van der Waals surface area (Å²) in [6.45, 7) is 0. The van der Waals surface area contributed by atoms with Gasteiger partial charge >= 0.3 is 5.76 Å². The summed E-state index contributed by atoms with van der Waals surface area (Å²) >= 11 is 0. The molecular formula is C11H7N3O3. The molecule has 0 aliphatic carbocycles. The minimum Gasteiger partial charge on any atom is -0.360 e. The first-order valence-corrected chi connectivity index (χ1v) is 4.90. The molecule has 0 aliphatic heterocycles. The van der Waals surface area contributed by atoms with Crippen molar-refractivity contribution in [3.05, 3.63) is 40.5 Å². The van der Waals surface area contributed by atoms with Crippen LogP contribution < -0.4 is 5.76 Å². The smallest absolute Gasteiger partial charge is 0.360 e. The van der Waals surface area contributed by atoms with Crippen molar-refractivity contribution in [1.29, 1.82) is 0 Å². The molecule has 0 fully saturated rings. The van der Waals surface area contributed by atoms with Crippen LogP contribution in [-0.4, -0.2) is 21.4 Å². The second-order valence-electron chi connectivity index (χ2n) is 3.57. The Labute approximate surface area is 94.3 Å². The number of aromatic nitrogens is 3. The van der Waals surface area contributed by atoms with E-state index >= 15 is 0 Å². The number of nitrogens with one attached hydrogen (secondary N) is 2. The zero-order chi connectivity index (χ0) is 11.8. The first-order valence-electron chi connectivity index (χ1n) is 4.90. The van der Waals surface area contributed by atoms with Crippen LogP contribution in [0.25, 0.3) is 22.3 Å². The standard InChI is InChI=1S/C11H7N3O3/c15-5-7-4-12-9-2-1-6(3-8(7)9)10-13-11(16)17-14-10/h1-5,12H,(H,13,14,16). The lowest BCUT2D eigenvalue weighted by Crippen LogP contribution is -1.94. The van der Waals surface area contributed by atoms with E-state index in [0.717, 1.165) is 17.2 Å². The Balaban J connectivity index is 2.24. The minimum atomic E-state index is -0.607. The van der Waals surface area contributed by atoms with E-state index < -0.39 is 5.76 Å². The molecule has 0 saturated heterocycles. The molecule has 0 amide bonds. The van der Waals surface area contributed by atoms with Gasteiger partial charge in [-0.3, -0.25) is 14.3 Å². The molecule has 1 aromatic carbocycles. The normalized spacial score (nSPS) is 10.8. The monoisotopic (exact) mass is 229 g/mol. The molecule has 17 heavy (non-hydrogen) atoms. The Morgan fingerprint density at radius 2 is 2.24 bits per heavy atom. The van der Waals surface area contributed by atoms with Gasteiger partial charge in [0.15, 0.2) is 12.1 Å². The van der Waals surface area contributed by atoms with E-state index in [4.69, 9.17) is 0 Å². The highest BCUT2D eigenvalue weighted by molar-refractivity contribution is 5.98. The number of nitrogens with zero attached hydrogens (tertiary/aromatic N) is 1. The zero-order valence-corrected chi connectivity index (χ0v) is 8.56. The molecule has 0 bridgehead atoms. The maximum atomic E-state index is 10.9. The van der Waals surface area contributed by atoms with Gasteiger partial charge in [-0.2, -0.15) is 0 Å². The van der Waals surface area contributed by atoms with E-state index in [1.807, 2.05) is 6.07 Å². The lowest BCUT2D eigenvalue weighted by Gasteiger charge is -1.96. The van der Waals surface area contributed by atoms with E-state index in [9.17, 15) is 9.59 Å². The Morgan fingerprint density at radius 1 is 1.35 bits per heavy atom. The third-order valence-corrected chi connectivity index (χ3v) is 2.55. The number of hydrogen-bond donors (Lipinski definition) is 2. The average molecular weight is 229 g/mol. The molecular weight excluding hydrogens is 222 g/mol. The second kappa shape index (κ2) is 3.44. The molecule has 3 rings (SSSR count). The highest BCUT2D eigenvalue weighted by Crippen LogP contribution is 2.22. The van der Waals surface area contributed by atoms with Gasteiger partial charge in [0.1, 0.15) is 0 Å². The molecule has 6 nitrogen and oxygen atoms in total. The zero-order valence-electron chi connectivity index (χ0n) is 8.56. The largest absolute Gasteiger partial charge is 0.439 e. The summed E-state index contributed by atoms with van der Waals surface area (Å²) in [6, 6.07) is 5.36. The van der Waals surface area contributed by atoms with Crippen LogP contribution in [0.1, 0.15) is 10.4 Å². The number of hydrogen-bond acceptors (Lipinski definition) is 4. The minimum absolute atomic E-state index is 0.343. The van der Waals surface area contributed by atoms with Crippen molar-refractivity contribution in [3.8, 4) is 11.4 Å². The van der Waals surface area contributed by atoms with Gasteiger partial charge in [-0.25, -0.2) is 4.79 Å². The summed E-state index contributed by atoms with van der Waals surface area (Å²) in [5, 5.41) is 4.37. The van der Waals surface area contributed by atoms with Gasteiger partial charge in [0.25, 0.3) is 0 Å². The van der Waals surface area contributed by atoms with Crippen molar-refractivity contribution in [2.24, 2.45) is 0 Å². The predicted octanol–water partition coefficient (Wildman–Crippen LogP) is 1.32. The first-order chi connectivity index (χ1) is 8.28. The van der Waals surface area contributed by atoms with Crippen LogP contribution in [0.15, 0.2) is 33.7 Å². The SMILES string of the molecule is O=Cc1c[nH]c2ccc(-c3noc(=O)[nH]3)cc12. The predicted molar refractivity (Wildman–Crippen MR) is 59.8 cm³/mol. The summed E-state index contributed by atoms with van der Waals surface area (Å²) in [5.41, 5.74) is 2.10. The van der Waals surface area contributed by atoms with Crippen LogP contribution in [0.3, 0.4) is 0 Å². The van der Waals surface area contributed by atoms with Gasteiger partial charge in [-0.05, 0) is 18.2 Å². The third-order valence-electron chi connectivity index (χ3n) is 2.55. The number of rotatable bonds is 2. The maximum absolute atomic E-state index is 10.9. The molecule has 3 aromatic rings. The summed E-state index contributed by atoms with van der Waals surface area (Å²) < 4.78 is 4.43. The van der Waals surface area contributed by atoms with Crippen molar-refractivity contribution in [2.45, 2.75) is 0 Å². The van der Waals surface area contributed by atoms with Crippen LogP contribution in [-0.2, 0) is 0 Å². The first kappa shape index (κ1) is 9.59. The number of aldehydes is 1. The summed E-state index contributed by atoms with van der Waals surface area (Å²) in [4.78, 5) is 27.1. The van der Waals surface area contributed by atoms with Gasteiger partial charge in [-0.15, -0.1) is 0 Å². The van der Waals surface area contributed by atoms with Gasteiger partial charge < -0.3 is 4.98 Å². The lowest BCUT2D eigenvalue weighted by atomic mass is 10.1. The fraction of sp³-hybridized carbons (Fsp3) is 0. The van der Waals surface area contributed by atoms with E-state index in [1.165, 1.54) is 0 Å². The van der Waals surface area contributed by atoms with Gasteiger partial charge in [-0.1, -0.05) is 5.16 Å². The highest BCUT2D eigenvalue weighted by atomic mass is 16.5. The van der Waals surface area contributed by atoms with Crippen molar-refractivity contribution in [1.82, 2.24) is 15.1 Å². The van der Waals surface area contributed by atoms with Gasteiger partial charge in [0.2, 0.25) is 0 Å². The number of carbonyl (C=O) groups excluding carboxylic acids is 1. The Morgan fingerprint density at radius 3 is 2.94 bits per heavy atom. The Hall–Kier alpha value is -2.63. The van der Waals surface area contributed by atoms with Crippen molar-refractivity contribution in [2.75, 3.05) is 0 Å². The number of fused-ring (bicyclic) bond motifs is 1. The molecule has 0 aliphatic rings. The quantitative estimate of drug-likeness (QED) is 0.648. The molecule has 0 saturated carbocycles. The molecule has 6 heteroatoms. The third kappa shape index (κ3) is 1.46. The van der Waals surface area contributed by atoms with Gasteiger partial charge in [0.05, 0.1) is 0 Å². The fourth-order valence-electron chi connectivity index (χ4n) is 1.74.